The van der Waals surface area contributed by atoms with Crippen molar-refractivity contribution in [2.24, 2.45) is 5.73 Å². The lowest BCUT2D eigenvalue weighted by molar-refractivity contribution is 0.276. The van der Waals surface area contributed by atoms with Crippen molar-refractivity contribution in [3.05, 3.63) is 33.0 Å². The van der Waals surface area contributed by atoms with E-state index < -0.39 is 0 Å². The van der Waals surface area contributed by atoms with E-state index in [0.717, 1.165) is 5.56 Å². The third-order valence-electron chi connectivity index (χ3n) is 2.57. The molecule has 0 saturated carbocycles. The first kappa shape index (κ1) is 12.6. The number of benzene rings is 1. The molecule has 0 aliphatic heterocycles. The van der Waals surface area contributed by atoms with Gasteiger partial charge in [0, 0.05) is 17.1 Å². The molecule has 0 aromatic heterocycles. The molecule has 2 nitrogen and oxygen atoms in total. The second kappa shape index (κ2) is 5.05. The first-order chi connectivity index (χ1) is 6.99. The van der Waals surface area contributed by atoms with E-state index in [2.05, 4.69) is 15.9 Å². The molecule has 0 aliphatic rings. The van der Waals surface area contributed by atoms with Crippen LogP contribution in [0.15, 0.2) is 10.5 Å². The summed E-state index contributed by atoms with van der Waals surface area (Å²) in [5.74, 6) is -0.229. The van der Waals surface area contributed by atoms with Gasteiger partial charge in [-0.1, -0.05) is 15.9 Å². The molecular formula is C11H15BrFNO. The van der Waals surface area contributed by atoms with Crippen LogP contribution in [0.1, 0.15) is 29.2 Å². The molecule has 0 bridgehead atoms. The van der Waals surface area contributed by atoms with Crippen molar-refractivity contribution in [3.63, 3.8) is 0 Å². The van der Waals surface area contributed by atoms with Crippen molar-refractivity contribution < 1.29 is 9.50 Å². The minimum absolute atomic E-state index is 0.00766. The van der Waals surface area contributed by atoms with Crippen LogP contribution in [0.2, 0.25) is 0 Å². The fourth-order valence-electron chi connectivity index (χ4n) is 1.55. The van der Waals surface area contributed by atoms with E-state index in [1.807, 2.05) is 6.07 Å². The van der Waals surface area contributed by atoms with Crippen LogP contribution in [0.5, 0.6) is 0 Å². The number of aliphatic hydroxyl groups is 1. The summed E-state index contributed by atoms with van der Waals surface area (Å²) in [5, 5.41) is 8.80. The maximum atomic E-state index is 13.7. The molecule has 0 saturated heterocycles. The summed E-state index contributed by atoms with van der Waals surface area (Å²) in [6, 6.07) is 1.51. The van der Waals surface area contributed by atoms with Gasteiger partial charge in [0.25, 0.3) is 0 Å². The van der Waals surface area contributed by atoms with Crippen LogP contribution < -0.4 is 5.73 Å². The summed E-state index contributed by atoms with van der Waals surface area (Å²) >= 11 is 3.29. The number of rotatable bonds is 3. The Kier molecular flexibility index (Phi) is 4.25. The Labute approximate surface area is 97.4 Å². The van der Waals surface area contributed by atoms with Crippen LogP contribution >= 0.6 is 15.9 Å². The molecule has 0 fully saturated rings. The van der Waals surface area contributed by atoms with E-state index in [1.54, 1.807) is 13.8 Å². The molecule has 84 valence electrons. The van der Waals surface area contributed by atoms with Gasteiger partial charge < -0.3 is 10.8 Å². The van der Waals surface area contributed by atoms with Gasteiger partial charge in [0.05, 0.1) is 0 Å². The van der Waals surface area contributed by atoms with E-state index >= 15 is 0 Å². The molecule has 3 N–H and O–H groups in total. The van der Waals surface area contributed by atoms with Gasteiger partial charge in [-0.2, -0.15) is 0 Å². The predicted molar refractivity (Wildman–Crippen MR) is 62.2 cm³/mol. The summed E-state index contributed by atoms with van der Waals surface area (Å²) in [7, 11) is 0. The number of halogens is 2. The minimum atomic E-state index is -0.318. The summed E-state index contributed by atoms with van der Waals surface area (Å²) in [6.07, 6.45) is 0.440. The van der Waals surface area contributed by atoms with Gasteiger partial charge in [0.2, 0.25) is 0 Å². The fourth-order valence-corrected chi connectivity index (χ4v) is 1.97. The number of hydrogen-bond acceptors (Lipinski definition) is 2. The van der Waals surface area contributed by atoms with E-state index in [1.165, 1.54) is 0 Å². The van der Waals surface area contributed by atoms with Gasteiger partial charge in [0.1, 0.15) is 5.82 Å². The molecule has 0 heterocycles. The maximum absolute atomic E-state index is 13.7. The highest BCUT2D eigenvalue weighted by atomic mass is 79.9. The minimum Gasteiger partial charge on any atom is -0.396 e. The Morgan fingerprint density at radius 3 is 2.60 bits per heavy atom. The fraction of sp³-hybridized carbons (Fsp3) is 0.455. The van der Waals surface area contributed by atoms with Crippen molar-refractivity contribution >= 4 is 15.9 Å². The molecule has 15 heavy (non-hydrogen) atoms. The van der Waals surface area contributed by atoms with Crippen molar-refractivity contribution in [2.75, 3.05) is 6.61 Å². The first-order valence-electron chi connectivity index (χ1n) is 4.80. The molecule has 0 radical (unpaired) electrons. The molecule has 1 rings (SSSR count). The Balaban J connectivity index is 3.19. The van der Waals surface area contributed by atoms with Crippen molar-refractivity contribution in [3.8, 4) is 0 Å². The highest BCUT2D eigenvalue weighted by Crippen LogP contribution is 2.28. The third kappa shape index (κ3) is 2.56. The van der Waals surface area contributed by atoms with Crippen LogP contribution in [0.25, 0.3) is 0 Å². The lowest BCUT2D eigenvalue weighted by Crippen LogP contribution is -2.14. The first-order valence-corrected chi connectivity index (χ1v) is 5.59. The molecule has 0 aliphatic carbocycles. The summed E-state index contributed by atoms with van der Waals surface area (Å²) < 4.78 is 14.4. The molecule has 1 aromatic rings. The third-order valence-corrected chi connectivity index (χ3v) is 3.40. The average molecular weight is 276 g/mol. The smallest absolute Gasteiger partial charge is 0.130 e. The largest absolute Gasteiger partial charge is 0.396 e. The standard InChI is InChI=1S/C11H15BrFNO/c1-6-8(10(14)3-4-15)5-9(12)7(2)11(6)13/h5,10,15H,3-4,14H2,1-2H3. The predicted octanol–water partition coefficient (Wildman–Crippen LogP) is 2.59. The lowest BCUT2D eigenvalue weighted by Gasteiger charge is -2.16. The molecule has 0 spiro atoms. The second-order valence-corrected chi connectivity index (χ2v) is 4.48. The van der Waals surface area contributed by atoms with E-state index in [9.17, 15) is 4.39 Å². The summed E-state index contributed by atoms with van der Waals surface area (Å²) in [6.45, 7) is 3.43. The normalized spacial score (nSPS) is 12.9. The quantitative estimate of drug-likeness (QED) is 0.891. The Bertz CT molecular complexity index is 368. The number of nitrogens with two attached hydrogens (primary N) is 1. The van der Waals surface area contributed by atoms with Crippen LogP contribution in [0.4, 0.5) is 4.39 Å². The van der Waals surface area contributed by atoms with Gasteiger partial charge in [0.15, 0.2) is 0 Å². The van der Waals surface area contributed by atoms with Gasteiger partial charge in [-0.05, 0) is 43.0 Å². The zero-order valence-electron chi connectivity index (χ0n) is 8.85. The van der Waals surface area contributed by atoms with E-state index in [-0.39, 0.29) is 18.5 Å². The number of aliphatic hydroxyl groups excluding tert-OH is 1. The zero-order valence-corrected chi connectivity index (χ0v) is 10.4. The molecule has 4 heteroatoms. The van der Waals surface area contributed by atoms with Crippen LogP contribution in [0.3, 0.4) is 0 Å². The highest BCUT2D eigenvalue weighted by molar-refractivity contribution is 9.10. The van der Waals surface area contributed by atoms with Gasteiger partial charge >= 0.3 is 0 Å². The van der Waals surface area contributed by atoms with Crippen molar-refractivity contribution in [2.45, 2.75) is 26.3 Å². The topological polar surface area (TPSA) is 46.2 Å². The highest BCUT2D eigenvalue weighted by Gasteiger charge is 2.15. The van der Waals surface area contributed by atoms with E-state index in [4.69, 9.17) is 10.8 Å². The van der Waals surface area contributed by atoms with Crippen LogP contribution in [0, 0.1) is 19.7 Å². The molecule has 1 aromatic carbocycles. The van der Waals surface area contributed by atoms with Crippen molar-refractivity contribution in [1.82, 2.24) is 0 Å². The second-order valence-electron chi connectivity index (χ2n) is 3.63. The zero-order chi connectivity index (χ0) is 11.6. The van der Waals surface area contributed by atoms with Crippen molar-refractivity contribution in [1.29, 1.82) is 0 Å². The summed E-state index contributed by atoms with van der Waals surface area (Å²) in [5.41, 5.74) is 7.75. The Hall–Kier alpha value is -0.450. The Morgan fingerprint density at radius 1 is 1.47 bits per heavy atom. The van der Waals surface area contributed by atoms with E-state index in [0.29, 0.717) is 22.0 Å². The molecule has 1 atom stereocenters. The van der Waals surface area contributed by atoms with Crippen LogP contribution in [-0.2, 0) is 0 Å². The Morgan fingerprint density at radius 2 is 2.07 bits per heavy atom. The summed E-state index contributed by atoms with van der Waals surface area (Å²) in [4.78, 5) is 0. The van der Waals surface area contributed by atoms with Gasteiger partial charge in [-0.15, -0.1) is 0 Å². The molecule has 1 unspecified atom stereocenters. The maximum Gasteiger partial charge on any atom is 0.130 e. The number of hydrogen-bond donors (Lipinski definition) is 2. The van der Waals surface area contributed by atoms with Gasteiger partial charge in [-0.3, -0.25) is 0 Å². The molecular weight excluding hydrogens is 261 g/mol. The van der Waals surface area contributed by atoms with Gasteiger partial charge in [-0.25, -0.2) is 4.39 Å². The molecule has 0 amide bonds. The lowest BCUT2D eigenvalue weighted by atomic mass is 9.97. The monoisotopic (exact) mass is 275 g/mol. The van der Waals surface area contributed by atoms with Crippen LogP contribution in [-0.4, -0.2) is 11.7 Å². The average Bonchev–Trinajstić information content (AvgIpc) is 2.20. The SMILES string of the molecule is Cc1c(Br)cc(C(N)CCO)c(C)c1F.